The zero-order valence-electron chi connectivity index (χ0n) is 15.6. The van der Waals surface area contributed by atoms with E-state index in [2.05, 4.69) is 20.6 Å². The first-order valence-corrected chi connectivity index (χ1v) is 8.81. The van der Waals surface area contributed by atoms with Gasteiger partial charge >= 0.3 is 6.03 Å². The largest absolute Gasteiger partial charge is 0.387 e. The number of rotatable bonds is 5. The Morgan fingerprint density at radius 3 is 2.78 bits per heavy atom. The van der Waals surface area contributed by atoms with Crippen molar-refractivity contribution in [3.05, 3.63) is 59.7 Å². The summed E-state index contributed by atoms with van der Waals surface area (Å²) in [7, 11) is 3.92. The lowest BCUT2D eigenvalue weighted by atomic mass is 10.1. The van der Waals surface area contributed by atoms with Crippen LogP contribution in [0.2, 0.25) is 0 Å². The number of nitrogens with one attached hydrogen (secondary N) is 2. The summed E-state index contributed by atoms with van der Waals surface area (Å²) in [6.45, 7) is 1.35. The van der Waals surface area contributed by atoms with E-state index in [0.717, 1.165) is 23.4 Å². The number of amidine groups is 2. The zero-order valence-corrected chi connectivity index (χ0v) is 15.6. The number of likely N-dealkylation sites (N-methyl/N-ethyl adjacent to an activating group) is 1. The Morgan fingerprint density at radius 2 is 1.96 bits per heavy atom. The second-order valence-electron chi connectivity index (χ2n) is 6.61. The molecule has 0 fully saturated rings. The first-order chi connectivity index (χ1) is 13.0. The van der Waals surface area contributed by atoms with Crippen LogP contribution in [0.1, 0.15) is 11.1 Å². The fourth-order valence-corrected chi connectivity index (χ4v) is 2.71. The number of amides is 2. The maximum atomic E-state index is 12.0. The van der Waals surface area contributed by atoms with Gasteiger partial charge < -0.3 is 21.3 Å². The lowest BCUT2D eigenvalue weighted by molar-refractivity contribution is 0.250. The molecule has 0 aromatic heterocycles. The number of benzene rings is 2. The van der Waals surface area contributed by atoms with Crippen molar-refractivity contribution < 1.29 is 4.79 Å². The van der Waals surface area contributed by atoms with Crippen molar-refractivity contribution >= 4 is 29.1 Å². The van der Waals surface area contributed by atoms with Gasteiger partial charge in [-0.2, -0.15) is 0 Å². The number of hydrogen-bond acceptors (Lipinski definition) is 5. The summed E-state index contributed by atoms with van der Waals surface area (Å²) in [4.78, 5) is 23.2. The van der Waals surface area contributed by atoms with Crippen molar-refractivity contribution in [2.75, 3.05) is 32.5 Å². The van der Waals surface area contributed by atoms with E-state index in [1.54, 1.807) is 0 Å². The minimum atomic E-state index is -0.245. The summed E-state index contributed by atoms with van der Waals surface area (Å²) in [5, 5.41) is 5.66. The van der Waals surface area contributed by atoms with Crippen LogP contribution in [0.5, 0.6) is 0 Å². The normalized spacial score (nSPS) is 13.3. The van der Waals surface area contributed by atoms with Crippen LogP contribution in [0.15, 0.2) is 58.5 Å². The summed E-state index contributed by atoms with van der Waals surface area (Å²) in [6.07, 6.45) is 0.565. The summed E-state index contributed by atoms with van der Waals surface area (Å²) in [5.74, 6) is 1.05. The SMILES string of the molecule is CN(C)CCNC(=O)Nc1cccc(C2=Nc3ccccc3CC(N)=N2)c1. The molecule has 0 aliphatic carbocycles. The second-order valence-corrected chi connectivity index (χ2v) is 6.61. The van der Waals surface area contributed by atoms with E-state index in [0.29, 0.717) is 30.3 Å². The Morgan fingerprint density at radius 1 is 1.15 bits per heavy atom. The molecule has 27 heavy (non-hydrogen) atoms. The lowest BCUT2D eigenvalue weighted by Crippen LogP contribution is -2.34. The molecule has 0 unspecified atom stereocenters. The number of fused-ring (bicyclic) bond motifs is 1. The number of hydrogen-bond donors (Lipinski definition) is 3. The maximum Gasteiger partial charge on any atom is 0.319 e. The molecule has 3 rings (SSSR count). The monoisotopic (exact) mass is 364 g/mol. The van der Waals surface area contributed by atoms with Crippen LogP contribution in [0.25, 0.3) is 0 Å². The van der Waals surface area contributed by atoms with Gasteiger partial charge in [0.25, 0.3) is 0 Å². The predicted molar refractivity (Wildman–Crippen MR) is 110 cm³/mol. The smallest absolute Gasteiger partial charge is 0.319 e. The minimum absolute atomic E-state index is 0.245. The lowest BCUT2D eigenvalue weighted by Gasteiger charge is -2.12. The zero-order chi connectivity index (χ0) is 19.2. The highest BCUT2D eigenvalue weighted by molar-refractivity contribution is 6.09. The molecule has 7 heteroatoms. The van der Waals surface area contributed by atoms with Crippen LogP contribution in [0.4, 0.5) is 16.2 Å². The van der Waals surface area contributed by atoms with Crippen molar-refractivity contribution in [3.8, 4) is 0 Å². The number of aliphatic imine (C=N–C) groups is 2. The summed E-state index contributed by atoms with van der Waals surface area (Å²) in [6, 6.07) is 15.0. The molecule has 7 nitrogen and oxygen atoms in total. The molecule has 1 heterocycles. The third-order valence-electron chi connectivity index (χ3n) is 4.06. The highest BCUT2D eigenvalue weighted by atomic mass is 16.2. The topological polar surface area (TPSA) is 95.1 Å². The van der Waals surface area contributed by atoms with E-state index in [9.17, 15) is 4.79 Å². The average molecular weight is 364 g/mol. The van der Waals surface area contributed by atoms with Gasteiger partial charge in [0.15, 0.2) is 5.84 Å². The van der Waals surface area contributed by atoms with Crippen LogP contribution in [-0.4, -0.2) is 49.8 Å². The predicted octanol–water partition coefficient (Wildman–Crippen LogP) is 2.36. The molecule has 0 spiro atoms. The Kier molecular flexibility index (Phi) is 5.83. The van der Waals surface area contributed by atoms with E-state index in [-0.39, 0.29) is 6.03 Å². The van der Waals surface area contributed by atoms with E-state index in [1.807, 2.05) is 67.5 Å². The molecule has 0 radical (unpaired) electrons. The number of carbonyl (C=O) groups excluding carboxylic acids is 1. The summed E-state index contributed by atoms with van der Waals surface area (Å²) < 4.78 is 0. The molecule has 0 saturated carbocycles. The molecular weight excluding hydrogens is 340 g/mol. The van der Waals surface area contributed by atoms with Gasteiger partial charge in [-0.1, -0.05) is 30.3 Å². The molecule has 2 aromatic rings. The quantitative estimate of drug-likeness (QED) is 0.760. The Hall–Kier alpha value is -3.19. The van der Waals surface area contributed by atoms with Gasteiger partial charge in [-0.25, -0.2) is 14.8 Å². The van der Waals surface area contributed by atoms with Crippen LogP contribution < -0.4 is 16.4 Å². The molecule has 2 aromatic carbocycles. The van der Waals surface area contributed by atoms with Crippen molar-refractivity contribution in [1.29, 1.82) is 0 Å². The van der Waals surface area contributed by atoms with Gasteiger partial charge in [0.05, 0.1) is 5.69 Å². The van der Waals surface area contributed by atoms with Crippen LogP contribution in [0, 0.1) is 0 Å². The summed E-state index contributed by atoms with van der Waals surface area (Å²) >= 11 is 0. The van der Waals surface area contributed by atoms with E-state index < -0.39 is 0 Å². The maximum absolute atomic E-state index is 12.0. The van der Waals surface area contributed by atoms with Gasteiger partial charge in [-0.05, 0) is 37.9 Å². The number of urea groups is 1. The Bertz CT molecular complexity index is 888. The molecule has 2 amide bonds. The first-order valence-electron chi connectivity index (χ1n) is 8.81. The number of carbonyl (C=O) groups is 1. The molecule has 4 N–H and O–H groups in total. The Labute approximate surface area is 159 Å². The van der Waals surface area contributed by atoms with Gasteiger partial charge in [-0.3, -0.25) is 0 Å². The summed E-state index contributed by atoms with van der Waals surface area (Å²) in [5.41, 5.74) is 9.43. The minimum Gasteiger partial charge on any atom is -0.387 e. The van der Waals surface area contributed by atoms with Crippen LogP contribution in [0.3, 0.4) is 0 Å². The standard InChI is InChI=1S/C20H24N6O/c1-26(2)11-10-22-20(27)23-16-8-5-7-15(12-16)19-24-17-9-4-3-6-14(17)13-18(21)25-19/h3-9,12H,10-11,13H2,1-2H3,(H2,21,24,25)(H2,22,23,27). The van der Waals surface area contributed by atoms with Crippen molar-refractivity contribution in [1.82, 2.24) is 10.2 Å². The van der Waals surface area contributed by atoms with E-state index in [4.69, 9.17) is 5.73 Å². The van der Waals surface area contributed by atoms with Crippen molar-refractivity contribution in [3.63, 3.8) is 0 Å². The van der Waals surface area contributed by atoms with E-state index in [1.165, 1.54) is 0 Å². The molecule has 0 atom stereocenters. The van der Waals surface area contributed by atoms with Crippen LogP contribution in [-0.2, 0) is 6.42 Å². The molecule has 1 aliphatic heterocycles. The average Bonchev–Trinajstić information content (AvgIpc) is 2.79. The Balaban J connectivity index is 1.78. The molecule has 140 valence electrons. The van der Waals surface area contributed by atoms with Crippen molar-refractivity contribution in [2.45, 2.75) is 6.42 Å². The fourth-order valence-electron chi connectivity index (χ4n) is 2.71. The van der Waals surface area contributed by atoms with E-state index >= 15 is 0 Å². The highest BCUT2D eigenvalue weighted by Gasteiger charge is 2.13. The van der Waals surface area contributed by atoms with Gasteiger partial charge in [-0.15, -0.1) is 0 Å². The third-order valence-corrected chi connectivity index (χ3v) is 4.06. The number of nitrogens with zero attached hydrogens (tertiary/aromatic N) is 3. The highest BCUT2D eigenvalue weighted by Crippen LogP contribution is 2.24. The molecular formula is C20H24N6O. The van der Waals surface area contributed by atoms with Crippen LogP contribution >= 0.6 is 0 Å². The fraction of sp³-hybridized carbons (Fsp3) is 0.250. The molecule has 0 bridgehead atoms. The van der Waals surface area contributed by atoms with Gasteiger partial charge in [0.1, 0.15) is 5.84 Å². The third kappa shape index (κ3) is 5.15. The first kappa shape index (κ1) is 18.6. The molecule has 1 aliphatic rings. The van der Waals surface area contributed by atoms with Gasteiger partial charge in [0.2, 0.25) is 0 Å². The molecule has 0 saturated heterocycles. The number of nitrogens with two attached hydrogens (primary N) is 1. The second kappa shape index (κ2) is 8.46. The number of anilines is 1. The van der Waals surface area contributed by atoms with Gasteiger partial charge in [0, 0.05) is 30.8 Å². The van der Waals surface area contributed by atoms with Crippen molar-refractivity contribution in [2.24, 2.45) is 15.7 Å². The number of para-hydroxylation sites is 1.